The standard InChI is InChI=1S/C16H19N3O2/c17-11-13-3-1-2-4-15(13)21-10-9-18-7-8-19-14(12-18)5-6-16(19)20/h1-4,14H,5-10,12H2. The summed E-state index contributed by atoms with van der Waals surface area (Å²) in [6.07, 6.45) is 1.68. The Hall–Kier alpha value is -2.06. The maximum absolute atomic E-state index is 11.6. The SMILES string of the molecule is N#Cc1ccccc1OCCN1CCN2C(=O)CCC2C1. The van der Waals surface area contributed by atoms with Gasteiger partial charge in [0, 0.05) is 38.6 Å². The van der Waals surface area contributed by atoms with Gasteiger partial charge in [-0.1, -0.05) is 12.1 Å². The Bertz CT molecular complexity index is 567. The van der Waals surface area contributed by atoms with Gasteiger partial charge < -0.3 is 9.64 Å². The molecule has 5 nitrogen and oxygen atoms in total. The second-order valence-electron chi connectivity index (χ2n) is 5.54. The number of piperazine rings is 1. The predicted octanol–water partition coefficient (Wildman–Crippen LogP) is 1.24. The van der Waals surface area contributed by atoms with Crippen LogP contribution in [-0.4, -0.2) is 54.5 Å². The first-order valence-electron chi connectivity index (χ1n) is 7.41. The number of hydrogen-bond donors (Lipinski definition) is 0. The zero-order chi connectivity index (χ0) is 14.7. The molecule has 0 radical (unpaired) electrons. The Kier molecular flexibility index (Phi) is 4.07. The molecule has 1 amide bonds. The number of benzene rings is 1. The minimum atomic E-state index is 0.304. The number of amides is 1. The summed E-state index contributed by atoms with van der Waals surface area (Å²) in [4.78, 5) is 16.0. The smallest absolute Gasteiger partial charge is 0.222 e. The summed E-state index contributed by atoms with van der Waals surface area (Å²) in [6, 6.07) is 9.82. The molecule has 5 heteroatoms. The van der Waals surface area contributed by atoms with Gasteiger partial charge in [0.2, 0.25) is 5.91 Å². The van der Waals surface area contributed by atoms with Crippen LogP contribution in [0.5, 0.6) is 5.75 Å². The zero-order valence-corrected chi connectivity index (χ0v) is 12.0. The van der Waals surface area contributed by atoms with Crippen LogP contribution in [0.3, 0.4) is 0 Å². The number of nitrogens with zero attached hydrogens (tertiary/aromatic N) is 3. The number of nitriles is 1. The number of hydrogen-bond acceptors (Lipinski definition) is 4. The summed E-state index contributed by atoms with van der Waals surface area (Å²) < 4.78 is 5.72. The van der Waals surface area contributed by atoms with Gasteiger partial charge in [0.15, 0.2) is 0 Å². The molecule has 1 unspecified atom stereocenters. The quantitative estimate of drug-likeness (QED) is 0.835. The third-order valence-electron chi connectivity index (χ3n) is 4.25. The molecule has 1 aromatic carbocycles. The Morgan fingerprint density at radius 2 is 2.19 bits per heavy atom. The highest BCUT2D eigenvalue weighted by atomic mass is 16.5. The van der Waals surface area contributed by atoms with Crippen LogP contribution >= 0.6 is 0 Å². The summed E-state index contributed by atoms with van der Waals surface area (Å²) in [7, 11) is 0. The van der Waals surface area contributed by atoms with Crippen molar-refractivity contribution >= 4 is 5.91 Å². The Morgan fingerprint density at radius 1 is 1.33 bits per heavy atom. The fraction of sp³-hybridized carbons (Fsp3) is 0.500. The Labute approximate surface area is 124 Å². The highest BCUT2D eigenvalue weighted by Gasteiger charge is 2.35. The number of para-hydroxylation sites is 1. The van der Waals surface area contributed by atoms with Crippen LogP contribution < -0.4 is 4.74 Å². The highest BCUT2D eigenvalue weighted by molar-refractivity contribution is 5.78. The van der Waals surface area contributed by atoms with Crippen molar-refractivity contribution in [2.75, 3.05) is 32.8 Å². The van der Waals surface area contributed by atoms with Crippen molar-refractivity contribution in [3.8, 4) is 11.8 Å². The van der Waals surface area contributed by atoms with E-state index in [0.29, 0.717) is 36.3 Å². The average Bonchev–Trinajstić information content (AvgIpc) is 2.89. The van der Waals surface area contributed by atoms with E-state index in [2.05, 4.69) is 11.0 Å². The molecule has 0 saturated carbocycles. The molecular weight excluding hydrogens is 266 g/mol. The molecule has 2 aliphatic heterocycles. The lowest BCUT2D eigenvalue weighted by molar-refractivity contribution is -0.130. The summed E-state index contributed by atoms with van der Waals surface area (Å²) >= 11 is 0. The van der Waals surface area contributed by atoms with E-state index in [9.17, 15) is 4.79 Å². The summed E-state index contributed by atoms with van der Waals surface area (Å²) in [5, 5.41) is 9.02. The second kappa shape index (κ2) is 6.15. The zero-order valence-electron chi connectivity index (χ0n) is 12.0. The molecule has 2 heterocycles. The first-order chi connectivity index (χ1) is 10.3. The van der Waals surface area contributed by atoms with Crippen LogP contribution in [0, 0.1) is 11.3 Å². The third-order valence-corrected chi connectivity index (χ3v) is 4.25. The summed E-state index contributed by atoms with van der Waals surface area (Å²) in [5.41, 5.74) is 0.573. The van der Waals surface area contributed by atoms with Crippen molar-refractivity contribution < 1.29 is 9.53 Å². The van der Waals surface area contributed by atoms with Gasteiger partial charge >= 0.3 is 0 Å². The number of rotatable bonds is 4. The van der Waals surface area contributed by atoms with Gasteiger partial charge in [-0.05, 0) is 18.6 Å². The van der Waals surface area contributed by atoms with Crippen molar-refractivity contribution in [1.29, 1.82) is 5.26 Å². The van der Waals surface area contributed by atoms with Crippen LogP contribution in [-0.2, 0) is 4.79 Å². The van der Waals surface area contributed by atoms with Gasteiger partial charge in [0.1, 0.15) is 18.4 Å². The predicted molar refractivity (Wildman–Crippen MR) is 77.8 cm³/mol. The maximum Gasteiger partial charge on any atom is 0.222 e. The Balaban J connectivity index is 1.48. The summed E-state index contributed by atoms with van der Waals surface area (Å²) in [5.74, 6) is 0.952. The van der Waals surface area contributed by atoms with E-state index >= 15 is 0 Å². The lowest BCUT2D eigenvalue weighted by Gasteiger charge is -2.37. The molecule has 3 rings (SSSR count). The lowest BCUT2D eigenvalue weighted by atomic mass is 10.1. The van der Waals surface area contributed by atoms with E-state index in [4.69, 9.17) is 10.00 Å². The first-order valence-corrected chi connectivity index (χ1v) is 7.41. The van der Waals surface area contributed by atoms with E-state index < -0.39 is 0 Å². The molecular formula is C16H19N3O2. The van der Waals surface area contributed by atoms with Gasteiger partial charge in [0.25, 0.3) is 0 Å². The molecule has 2 saturated heterocycles. The Morgan fingerprint density at radius 3 is 3.05 bits per heavy atom. The number of carbonyl (C=O) groups is 1. The van der Waals surface area contributed by atoms with Crippen LogP contribution in [0.1, 0.15) is 18.4 Å². The largest absolute Gasteiger partial charge is 0.491 e. The van der Waals surface area contributed by atoms with Gasteiger partial charge in [0.05, 0.1) is 5.56 Å². The third kappa shape index (κ3) is 3.01. The maximum atomic E-state index is 11.6. The monoisotopic (exact) mass is 285 g/mol. The van der Waals surface area contributed by atoms with Gasteiger partial charge in [-0.3, -0.25) is 9.69 Å². The molecule has 0 bridgehead atoms. The molecule has 2 fully saturated rings. The summed E-state index contributed by atoms with van der Waals surface area (Å²) in [6.45, 7) is 4.08. The molecule has 2 aliphatic rings. The average molecular weight is 285 g/mol. The molecule has 0 aliphatic carbocycles. The molecule has 0 N–H and O–H groups in total. The second-order valence-corrected chi connectivity index (χ2v) is 5.54. The van der Waals surface area contributed by atoms with Gasteiger partial charge in [-0.15, -0.1) is 0 Å². The molecule has 1 aromatic rings. The van der Waals surface area contributed by atoms with E-state index in [-0.39, 0.29) is 0 Å². The van der Waals surface area contributed by atoms with Crippen molar-refractivity contribution in [1.82, 2.24) is 9.80 Å². The number of carbonyl (C=O) groups excluding carboxylic acids is 1. The van der Waals surface area contributed by atoms with Crippen LogP contribution in [0.4, 0.5) is 0 Å². The van der Waals surface area contributed by atoms with Crippen molar-refractivity contribution in [2.24, 2.45) is 0 Å². The van der Waals surface area contributed by atoms with Crippen molar-refractivity contribution in [3.63, 3.8) is 0 Å². The lowest BCUT2D eigenvalue weighted by Crippen LogP contribution is -2.52. The fourth-order valence-corrected chi connectivity index (χ4v) is 3.10. The minimum absolute atomic E-state index is 0.304. The minimum Gasteiger partial charge on any atom is -0.491 e. The van der Waals surface area contributed by atoms with E-state index in [1.54, 1.807) is 6.07 Å². The number of ether oxygens (including phenoxy) is 1. The molecule has 0 spiro atoms. The van der Waals surface area contributed by atoms with Gasteiger partial charge in [-0.2, -0.15) is 5.26 Å². The van der Waals surface area contributed by atoms with Crippen LogP contribution in [0.15, 0.2) is 24.3 Å². The van der Waals surface area contributed by atoms with Gasteiger partial charge in [-0.25, -0.2) is 0 Å². The van der Waals surface area contributed by atoms with E-state index in [1.807, 2.05) is 23.1 Å². The molecule has 1 atom stereocenters. The van der Waals surface area contributed by atoms with E-state index in [1.165, 1.54) is 0 Å². The topological polar surface area (TPSA) is 56.6 Å². The molecule has 21 heavy (non-hydrogen) atoms. The molecule has 110 valence electrons. The molecule has 0 aromatic heterocycles. The van der Waals surface area contributed by atoms with Crippen molar-refractivity contribution in [2.45, 2.75) is 18.9 Å². The fourth-order valence-electron chi connectivity index (χ4n) is 3.10. The number of fused-ring (bicyclic) bond motifs is 1. The van der Waals surface area contributed by atoms with Crippen LogP contribution in [0.2, 0.25) is 0 Å². The first kappa shape index (κ1) is 13.9. The normalized spacial score (nSPS) is 22.0. The van der Waals surface area contributed by atoms with E-state index in [0.717, 1.165) is 32.6 Å². The van der Waals surface area contributed by atoms with Crippen molar-refractivity contribution in [3.05, 3.63) is 29.8 Å². The highest BCUT2D eigenvalue weighted by Crippen LogP contribution is 2.22. The van der Waals surface area contributed by atoms with Crippen LogP contribution in [0.25, 0.3) is 0 Å².